The Morgan fingerprint density at radius 2 is 1.42 bits per heavy atom. The summed E-state index contributed by atoms with van der Waals surface area (Å²) < 4.78 is 11.6. The van der Waals surface area contributed by atoms with Gasteiger partial charge in [-0.15, -0.1) is 0 Å². The number of rotatable bonds is 6. The van der Waals surface area contributed by atoms with Crippen LogP contribution in [0, 0.1) is 13.8 Å². The van der Waals surface area contributed by atoms with E-state index < -0.39 is 13.5 Å². The number of nitrogens with zero attached hydrogens (tertiary/aromatic N) is 1. The van der Waals surface area contributed by atoms with Crippen molar-refractivity contribution >= 4 is 35.7 Å². The molecule has 1 aliphatic rings. The van der Waals surface area contributed by atoms with Gasteiger partial charge in [0.2, 0.25) is 5.90 Å². The Kier molecular flexibility index (Phi) is 6.67. The molecular formula is C28H30NO3P. The molecule has 1 heterocycles. The molecule has 0 saturated heterocycles. The minimum atomic E-state index is -0.827. The molecule has 5 heteroatoms. The lowest BCUT2D eigenvalue weighted by molar-refractivity contribution is -0.155. The fourth-order valence-corrected chi connectivity index (χ4v) is 6.93. The van der Waals surface area contributed by atoms with Crippen LogP contribution in [0.5, 0.6) is 0 Å². The highest BCUT2D eigenvalue weighted by Gasteiger charge is 2.38. The van der Waals surface area contributed by atoms with Crippen molar-refractivity contribution in [2.75, 3.05) is 6.61 Å². The van der Waals surface area contributed by atoms with Crippen LogP contribution in [-0.4, -0.2) is 30.1 Å². The Balaban J connectivity index is 1.84. The topological polar surface area (TPSA) is 47.9 Å². The molecule has 1 aliphatic heterocycles. The minimum absolute atomic E-state index is 0.257. The second-order valence-electron chi connectivity index (χ2n) is 8.88. The predicted octanol–water partition coefficient (Wildman–Crippen LogP) is 4.55. The van der Waals surface area contributed by atoms with Crippen LogP contribution in [0.2, 0.25) is 0 Å². The minimum Gasteiger partial charge on any atom is -0.475 e. The number of hydrogen-bond acceptors (Lipinski definition) is 4. The molecule has 3 aromatic carbocycles. The van der Waals surface area contributed by atoms with Crippen LogP contribution in [0.15, 0.2) is 77.8 Å². The van der Waals surface area contributed by atoms with E-state index in [1.54, 1.807) is 0 Å². The fraction of sp³-hybridized carbons (Fsp3) is 0.286. The number of carbonyl (C=O) groups is 1. The number of esters is 1. The van der Waals surface area contributed by atoms with E-state index in [1.807, 2.05) is 19.9 Å². The third kappa shape index (κ3) is 4.86. The lowest BCUT2D eigenvalue weighted by atomic mass is 10.0. The Hall–Kier alpha value is -2.97. The third-order valence-electron chi connectivity index (χ3n) is 5.95. The summed E-state index contributed by atoms with van der Waals surface area (Å²) >= 11 is 0. The molecule has 0 bridgehead atoms. The molecule has 0 saturated carbocycles. The van der Waals surface area contributed by atoms with Crippen molar-refractivity contribution < 1.29 is 14.3 Å². The fourth-order valence-electron chi connectivity index (χ4n) is 4.18. The first-order valence-electron chi connectivity index (χ1n) is 11.2. The molecule has 0 unspecified atom stereocenters. The Morgan fingerprint density at radius 3 is 1.97 bits per heavy atom. The van der Waals surface area contributed by atoms with Gasteiger partial charge in [-0.25, -0.2) is 4.99 Å². The summed E-state index contributed by atoms with van der Waals surface area (Å²) in [4.78, 5) is 16.5. The van der Waals surface area contributed by atoms with Crippen LogP contribution >= 0.6 is 7.92 Å². The van der Waals surface area contributed by atoms with Crippen molar-refractivity contribution in [3.8, 4) is 0 Å². The lowest BCUT2D eigenvalue weighted by Gasteiger charge is -2.27. The van der Waals surface area contributed by atoms with Gasteiger partial charge in [0.1, 0.15) is 18.2 Å². The molecule has 0 aromatic heterocycles. The molecule has 0 amide bonds. The zero-order chi connectivity index (χ0) is 23.6. The number of aryl methyl sites for hydroxylation is 2. The van der Waals surface area contributed by atoms with Crippen LogP contribution in [0.1, 0.15) is 37.5 Å². The molecular weight excluding hydrogens is 429 g/mol. The van der Waals surface area contributed by atoms with E-state index >= 15 is 0 Å². The van der Waals surface area contributed by atoms with Gasteiger partial charge in [-0.05, 0) is 68.7 Å². The van der Waals surface area contributed by atoms with E-state index in [4.69, 9.17) is 14.5 Å². The lowest BCUT2D eigenvalue weighted by Crippen LogP contribution is -2.40. The van der Waals surface area contributed by atoms with Crippen LogP contribution in [0.3, 0.4) is 0 Å². The van der Waals surface area contributed by atoms with Crippen molar-refractivity contribution in [1.82, 2.24) is 0 Å². The maximum atomic E-state index is 11.6. The normalized spacial score (nSPS) is 15.8. The first kappa shape index (κ1) is 23.2. The molecule has 0 radical (unpaired) electrons. The van der Waals surface area contributed by atoms with Crippen LogP contribution < -0.4 is 15.9 Å². The Morgan fingerprint density at radius 1 is 0.909 bits per heavy atom. The molecule has 0 spiro atoms. The smallest absolute Gasteiger partial charge is 0.303 e. The van der Waals surface area contributed by atoms with Gasteiger partial charge < -0.3 is 9.47 Å². The highest BCUT2D eigenvalue weighted by Crippen LogP contribution is 2.37. The molecule has 1 atom stereocenters. The third-order valence-corrected chi connectivity index (χ3v) is 8.79. The summed E-state index contributed by atoms with van der Waals surface area (Å²) in [5.41, 5.74) is 2.80. The maximum absolute atomic E-state index is 11.6. The van der Waals surface area contributed by atoms with Gasteiger partial charge in [-0.3, -0.25) is 4.79 Å². The van der Waals surface area contributed by atoms with E-state index in [0.717, 1.165) is 5.56 Å². The van der Waals surface area contributed by atoms with E-state index in [2.05, 4.69) is 80.6 Å². The standard InChI is InChI=1S/C28H30NO3P/c1-19-12-6-9-15-23(19)33(24-16-10-7-13-20(24)2)25-17-11-8-14-22(25)27-29-26(18-31-27)28(4,5)32-21(3)30/h6-17,26H,18H2,1-5H3/t26-/m1/s1. The first-order valence-corrected chi connectivity index (χ1v) is 12.5. The van der Waals surface area contributed by atoms with E-state index in [0.29, 0.717) is 12.5 Å². The maximum Gasteiger partial charge on any atom is 0.303 e. The number of aliphatic imine (C=N–C) groups is 1. The highest BCUT2D eigenvalue weighted by atomic mass is 31.1. The summed E-state index contributed by atoms with van der Waals surface area (Å²) in [5.74, 6) is 0.303. The molecule has 4 rings (SSSR count). The van der Waals surface area contributed by atoms with Crippen LogP contribution in [0.4, 0.5) is 0 Å². The zero-order valence-electron chi connectivity index (χ0n) is 19.8. The van der Waals surface area contributed by atoms with Crippen molar-refractivity contribution in [3.05, 3.63) is 89.5 Å². The first-order chi connectivity index (χ1) is 15.8. The van der Waals surface area contributed by atoms with Gasteiger partial charge >= 0.3 is 5.97 Å². The zero-order valence-corrected chi connectivity index (χ0v) is 20.7. The number of benzene rings is 3. The van der Waals surface area contributed by atoms with E-state index in [9.17, 15) is 4.79 Å². The van der Waals surface area contributed by atoms with Gasteiger partial charge in [0.15, 0.2) is 0 Å². The monoisotopic (exact) mass is 459 g/mol. The van der Waals surface area contributed by atoms with Crippen LogP contribution in [-0.2, 0) is 14.3 Å². The largest absolute Gasteiger partial charge is 0.475 e. The van der Waals surface area contributed by atoms with Crippen molar-refractivity contribution in [3.63, 3.8) is 0 Å². The average molecular weight is 460 g/mol. The number of carbonyl (C=O) groups excluding carboxylic acids is 1. The van der Waals surface area contributed by atoms with E-state index in [-0.39, 0.29) is 12.0 Å². The van der Waals surface area contributed by atoms with Gasteiger partial charge in [0.25, 0.3) is 0 Å². The van der Waals surface area contributed by atoms with Gasteiger partial charge in [-0.1, -0.05) is 66.7 Å². The average Bonchev–Trinajstić information content (AvgIpc) is 3.27. The second-order valence-corrected chi connectivity index (χ2v) is 11.0. The molecule has 0 N–H and O–H groups in total. The Bertz CT molecular complexity index is 1160. The Labute approximate surface area is 197 Å². The summed E-state index contributed by atoms with van der Waals surface area (Å²) in [7, 11) is -0.827. The van der Waals surface area contributed by atoms with Gasteiger partial charge in [-0.2, -0.15) is 0 Å². The molecule has 33 heavy (non-hydrogen) atoms. The summed E-state index contributed by atoms with van der Waals surface area (Å²) in [6.07, 6.45) is 0. The molecule has 0 aliphatic carbocycles. The second kappa shape index (κ2) is 9.49. The molecule has 3 aromatic rings. The van der Waals surface area contributed by atoms with Crippen molar-refractivity contribution in [2.24, 2.45) is 4.99 Å². The summed E-state index contributed by atoms with van der Waals surface area (Å²) in [6, 6.07) is 25.3. The highest BCUT2D eigenvalue weighted by molar-refractivity contribution is 7.80. The van der Waals surface area contributed by atoms with Crippen LogP contribution in [0.25, 0.3) is 0 Å². The quantitative estimate of drug-likeness (QED) is 0.401. The van der Waals surface area contributed by atoms with E-state index in [1.165, 1.54) is 34.0 Å². The summed E-state index contributed by atoms with van der Waals surface area (Å²) in [5, 5.41) is 3.86. The summed E-state index contributed by atoms with van der Waals surface area (Å²) in [6.45, 7) is 9.92. The van der Waals surface area contributed by atoms with Gasteiger partial charge in [0.05, 0.1) is 0 Å². The van der Waals surface area contributed by atoms with Crippen molar-refractivity contribution in [1.29, 1.82) is 0 Å². The van der Waals surface area contributed by atoms with Crippen molar-refractivity contribution in [2.45, 2.75) is 46.3 Å². The van der Waals surface area contributed by atoms with Gasteiger partial charge in [0, 0.05) is 12.5 Å². The molecule has 4 nitrogen and oxygen atoms in total. The molecule has 0 fully saturated rings. The predicted molar refractivity (Wildman–Crippen MR) is 137 cm³/mol. The molecule has 170 valence electrons. The number of hydrogen-bond donors (Lipinski definition) is 0. The number of ether oxygens (including phenoxy) is 2. The SMILES string of the molecule is CC(=O)OC(C)(C)[C@H]1COC(c2ccccc2P(c2ccccc2C)c2ccccc2C)=N1.